The van der Waals surface area contributed by atoms with E-state index in [0.717, 1.165) is 27.1 Å². The monoisotopic (exact) mass is 320 g/mol. The van der Waals surface area contributed by atoms with Gasteiger partial charge in [0.2, 0.25) is 0 Å². The second-order valence-electron chi connectivity index (χ2n) is 4.73. The normalized spacial score (nSPS) is 10.6. The molecule has 0 aliphatic heterocycles. The van der Waals surface area contributed by atoms with Gasteiger partial charge in [-0.25, -0.2) is 15.0 Å². The zero-order valence-corrected chi connectivity index (χ0v) is 12.8. The average molecular weight is 320 g/mol. The van der Waals surface area contributed by atoms with Crippen molar-refractivity contribution in [1.29, 1.82) is 0 Å². The van der Waals surface area contributed by atoms with Crippen LogP contribution in [0.3, 0.4) is 0 Å². The summed E-state index contributed by atoms with van der Waals surface area (Å²) in [6.45, 7) is 0. The number of aromatic nitrogens is 5. The number of nitrogens with one attached hydrogen (secondary N) is 2. The first-order valence-electron chi connectivity index (χ1n) is 7.00. The number of aromatic amines is 1. The lowest BCUT2D eigenvalue weighted by atomic mass is 10.1. The molecule has 3 heterocycles. The van der Waals surface area contributed by atoms with Crippen LogP contribution in [0.4, 0.5) is 10.9 Å². The minimum atomic E-state index is 0.635. The fourth-order valence-corrected chi connectivity index (χ4v) is 3.12. The third-order valence-corrected chi connectivity index (χ3v) is 4.16. The molecule has 23 heavy (non-hydrogen) atoms. The maximum Gasteiger partial charge on any atom is 0.193 e. The number of rotatable bonds is 4. The number of anilines is 2. The fraction of sp³-hybridized carbons (Fsp3) is 0. The molecule has 0 aliphatic carbocycles. The average Bonchev–Trinajstić information content (AvgIpc) is 3.26. The largest absolute Gasteiger partial charge is 0.316 e. The maximum atomic E-state index is 4.71. The third-order valence-electron chi connectivity index (χ3n) is 3.19. The Morgan fingerprint density at radius 3 is 2.57 bits per heavy atom. The van der Waals surface area contributed by atoms with Gasteiger partial charge in [-0.15, -0.1) is 0 Å². The molecule has 0 saturated heterocycles. The molecule has 2 N–H and O–H groups in total. The Morgan fingerprint density at radius 1 is 0.957 bits per heavy atom. The van der Waals surface area contributed by atoms with Gasteiger partial charge in [-0.3, -0.25) is 5.10 Å². The van der Waals surface area contributed by atoms with Gasteiger partial charge in [0.1, 0.15) is 17.0 Å². The van der Waals surface area contributed by atoms with E-state index >= 15 is 0 Å². The van der Waals surface area contributed by atoms with Crippen LogP contribution >= 0.6 is 11.3 Å². The number of thiazole rings is 1. The highest BCUT2D eigenvalue weighted by Gasteiger charge is 2.17. The van der Waals surface area contributed by atoms with Gasteiger partial charge in [-0.2, -0.15) is 5.10 Å². The molecule has 3 aromatic heterocycles. The lowest BCUT2D eigenvalue weighted by Gasteiger charge is -1.99. The molecule has 4 aromatic rings. The van der Waals surface area contributed by atoms with Crippen LogP contribution in [-0.2, 0) is 0 Å². The van der Waals surface area contributed by atoms with E-state index in [9.17, 15) is 0 Å². The zero-order valence-electron chi connectivity index (χ0n) is 12.0. The summed E-state index contributed by atoms with van der Waals surface area (Å²) in [5.74, 6) is 1.39. The Labute approximate surface area is 136 Å². The van der Waals surface area contributed by atoms with Crippen molar-refractivity contribution in [3.63, 3.8) is 0 Å². The van der Waals surface area contributed by atoms with Crippen LogP contribution in [0.5, 0.6) is 0 Å². The summed E-state index contributed by atoms with van der Waals surface area (Å²) in [6, 6.07) is 15.7. The van der Waals surface area contributed by atoms with Crippen LogP contribution < -0.4 is 5.32 Å². The van der Waals surface area contributed by atoms with Crippen LogP contribution in [0.1, 0.15) is 0 Å². The molecular weight excluding hydrogens is 308 g/mol. The second kappa shape index (κ2) is 5.98. The SMILES string of the molecule is c1ccc(-c2nc(Nc3ccccn3)sc2-c2nc[nH]n2)cc1. The van der Waals surface area contributed by atoms with Crippen LogP contribution in [0, 0.1) is 0 Å². The molecule has 4 rings (SSSR count). The highest BCUT2D eigenvalue weighted by molar-refractivity contribution is 7.19. The quantitative estimate of drug-likeness (QED) is 0.599. The molecule has 0 radical (unpaired) electrons. The van der Waals surface area contributed by atoms with Gasteiger partial charge in [-0.05, 0) is 12.1 Å². The molecule has 0 amide bonds. The van der Waals surface area contributed by atoms with Gasteiger partial charge in [0.25, 0.3) is 0 Å². The molecule has 6 nitrogen and oxygen atoms in total. The standard InChI is InChI=1S/C16H12N6S/c1-2-6-11(7-3-1)13-14(15-18-10-19-22-15)23-16(21-13)20-12-8-4-5-9-17-12/h1-10H,(H,17,20,21)(H,18,19,22). The number of hydrogen-bond donors (Lipinski definition) is 2. The topological polar surface area (TPSA) is 79.4 Å². The molecule has 0 fully saturated rings. The van der Waals surface area contributed by atoms with Gasteiger partial charge in [0.05, 0.1) is 5.69 Å². The molecule has 0 atom stereocenters. The first-order chi connectivity index (χ1) is 11.4. The molecule has 0 unspecified atom stereocenters. The lowest BCUT2D eigenvalue weighted by Crippen LogP contribution is -1.91. The molecule has 0 spiro atoms. The van der Waals surface area contributed by atoms with E-state index < -0.39 is 0 Å². The Hall–Kier alpha value is -3.06. The van der Waals surface area contributed by atoms with Crippen molar-refractivity contribution < 1.29 is 0 Å². The van der Waals surface area contributed by atoms with Crippen LogP contribution in [0.15, 0.2) is 61.1 Å². The molecule has 0 saturated carbocycles. The molecule has 7 heteroatoms. The Bertz CT molecular complexity index is 887. The molecular formula is C16H12N6S. The van der Waals surface area contributed by atoms with Crippen molar-refractivity contribution >= 4 is 22.3 Å². The van der Waals surface area contributed by atoms with Crippen molar-refractivity contribution in [3.8, 4) is 22.0 Å². The van der Waals surface area contributed by atoms with E-state index in [4.69, 9.17) is 4.98 Å². The van der Waals surface area contributed by atoms with Crippen molar-refractivity contribution in [2.24, 2.45) is 0 Å². The van der Waals surface area contributed by atoms with Crippen LogP contribution in [0.2, 0.25) is 0 Å². The van der Waals surface area contributed by atoms with Gasteiger partial charge in [-0.1, -0.05) is 47.7 Å². The first-order valence-corrected chi connectivity index (χ1v) is 7.82. The predicted octanol–water partition coefficient (Wildman–Crippen LogP) is 3.73. The van der Waals surface area contributed by atoms with Crippen molar-refractivity contribution in [3.05, 3.63) is 61.1 Å². The van der Waals surface area contributed by atoms with Gasteiger partial charge in [0, 0.05) is 11.8 Å². The highest BCUT2D eigenvalue weighted by atomic mass is 32.1. The minimum Gasteiger partial charge on any atom is -0.316 e. The van der Waals surface area contributed by atoms with E-state index in [1.54, 1.807) is 12.5 Å². The molecule has 112 valence electrons. The van der Waals surface area contributed by atoms with Gasteiger partial charge in [0.15, 0.2) is 11.0 Å². The Morgan fingerprint density at radius 2 is 1.83 bits per heavy atom. The van der Waals surface area contributed by atoms with Gasteiger partial charge < -0.3 is 5.32 Å². The van der Waals surface area contributed by atoms with Crippen LogP contribution in [-0.4, -0.2) is 25.1 Å². The summed E-state index contributed by atoms with van der Waals surface area (Å²) < 4.78 is 0. The number of pyridine rings is 1. The van der Waals surface area contributed by atoms with E-state index in [1.165, 1.54) is 11.3 Å². The molecule has 1 aromatic carbocycles. The third kappa shape index (κ3) is 2.82. The van der Waals surface area contributed by atoms with E-state index in [2.05, 4.69) is 25.5 Å². The summed E-state index contributed by atoms with van der Waals surface area (Å²) in [5, 5.41) is 10.9. The summed E-state index contributed by atoms with van der Waals surface area (Å²) >= 11 is 1.50. The second-order valence-corrected chi connectivity index (χ2v) is 5.72. The lowest BCUT2D eigenvalue weighted by molar-refractivity contribution is 1.10. The summed E-state index contributed by atoms with van der Waals surface area (Å²) in [5.41, 5.74) is 1.88. The predicted molar refractivity (Wildman–Crippen MR) is 90.4 cm³/mol. The number of benzene rings is 1. The Balaban J connectivity index is 1.78. The zero-order chi connectivity index (χ0) is 15.5. The molecule has 0 aliphatic rings. The number of hydrogen-bond acceptors (Lipinski definition) is 6. The molecule has 0 bridgehead atoms. The minimum absolute atomic E-state index is 0.635. The summed E-state index contributed by atoms with van der Waals surface area (Å²) in [6.07, 6.45) is 3.31. The van der Waals surface area contributed by atoms with Crippen molar-refractivity contribution in [2.75, 3.05) is 5.32 Å². The highest BCUT2D eigenvalue weighted by Crippen LogP contribution is 2.37. The first kappa shape index (κ1) is 13.6. The van der Waals surface area contributed by atoms with Crippen molar-refractivity contribution in [2.45, 2.75) is 0 Å². The van der Waals surface area contributed by atoms with E-state index in [0.29, 0.717) is 5.82 Å². The number of nitrogens with zero attached hydrogens (tertiary/aromatic N) is 4. The Kier molecular flexibility index (Phi) is 3.53. The smallest absolute Gasteiger partial charge is 0.193 e. The van der Waals surface area contributed by atoms with E-state index in [-0.39, 0.29) is 0 Å². The maximum absolute atomic E-state index is 4.71. The fourth-order valence-electron chi connectivity index (χ4n) is 2.18. The summed E-state index contributed by atoms with van der Waals surface area (Å²) in [7, 11) is 0. The van der Waals surface area contributed by atoms with Crippen LogP contribution in [0.25, 0.3) is 22.0 Å². The van der Waals surface area contributed by atoms with E-state index in [1.807, 2.05) is 48.5 Å². The number of H-pyrrole nitrogens is 1. The van der Waals surface area contributed by atoms with Crippen molar-refractivity contribution in [1.82, 2.24) is 25.1 Å². The summed E-state index contributed by atoms with van der Waals surface area (Å²) in [4.78, 5) is 14.1. The van der Waals surface area contributed by atoms with Gasteiger partial charge >= 0.3 is 0 Å².